The third-order valence-corrected chi connectivity index (χ3v) is 12.0. The standard InChI is InChI=1S/3C18H35O2S.CH4.Sn/c3*1-2-3-4-5-6-7-8-9-10-11-12-13-14-15-18(19)20-16-17-21;;/h3*2-17H2,1H3;1H4;. The van der Waals surface area contributed by atoms with Crippen LogP contribution in [0.3, 0.4) is 0 Å². The van der Waals surface area contributed by atoms with E-state index in [0.717, 1.165) is 38.5 Å². The van der Waals surface area contributed by atoms with E-state index in [2.05, 4.69) is 20.8 Å². The number of ether oxygens (including phenoxy) is 3. The van der Waals surface area contributed by atoms with Crippen molar-refractivity contribution >= 4 is 79.7 Å². The Bertz CT molecular complexity index is 775. The maximum Gasteiger partial charge on any atom is 0.305 e. The van der Waals surface area contributed by atoms with E-state index < -0.39 is 0 Å². The zero-order chi connectivity index (χ0) is 46.8. The van der Waals surface area contributed by atoms with Gasteiger partial charge in [-0.2, -0.15) is 0 Å². The minimum absolute atomic E-state index is 0. The molecule has 0 unspecified atom stereocenters. The average Bonchev–Trinajstić information content (AvgIpc) is 3.29. The number of hydrogen-bond acceptors (Lipinski definition) is 6. The minimum Gasteiger partial charge on any atom is -0.465 e. The minimum atomic E-state index is -0.0806. The summed E-state index contributed by atoms with van der Waals surface area (Å²) in [6.07, 6.45) is 53.5. The largest absolute Gasteiger partial charge is 0.465 e. The molecule has 0 atom stereocenters. The smallest absolute Gasteiger partial charge is 0.305 e. The second-order valence-electron chi connectivity index (χ2n) is 17.8. The van der Waals surface area contributed by atoms with E-state index in [9.17, 15) is 14.4 Å². The summed E-state index contributed by atoms with van der Waals surface area (Å²) in [4.78, 5) is 33.7. The molecule has 0 aromatic rings. The van der Waals surface area contributed by atoms with Crippen molar-refractivity contribution in [1.82, 2.24) is 0 Å². The summed E-state index contributed by atoms with van der Waals surface area (Å²) in [5, 5.41) is 0. The third-order valence-electron chi connectivity index (χ3n) is 11.5. The molecule has 0 aromatic carbocycles. The van der Waals surface area contributed by atoms with Crippen molar-refractivity contribution in [1.29, 1.82) is 0 Å². The molecule has 0 aliphatic carbocycles. The monoisotopic (exact) mass is 1080 g/mol. The Balaban J connectivity index is -0.000000273. The van der Waals surface area contributed by atoms with Gasteiger partial charge in [-0.05, 0) is 19.3 Å². The van der Waals surface area contributed by atoms with Crippen molar-refractivity contribution < 1.29 is 28.6 Å². The zero-order valence-corrected chi connectivity index (χ0v) is 47.9. The van der Waals surface area contributed by atoms with Gasteiger partial charge in [0.15, 0.2) is 0 Å². The molecule has 65 heavy (non-hydrogen) atoms. The normalized spacial score (nSPS) is 10.4. The molecule has 0 heterocycles. The topological polar surface area (TPSA) is 78.9 Å². The van der Waals surface area contributed by atoms with E-state index in [0.29, 0.717) is 56.3 Å². The molecule has 0 amide bonds. The fraction of sp³-hybridized carbons (Fsp3) is 0.945. The van der Waals surface area contributed by atoms with Crippen LogP contribution in [0.5, 0.6) is 0 Å². The molecule has 0 spiro atoms. The van der Waals surface area contributed by atoms with Gasteiger partial charge >= 0.3 is 17.9 Å². The van der Waals surface area contributed by atoms with Gasteiger partial charge in [0, 0.05) is 60.4 Å². The summed E-state index contributed by atoms with van der Waals surface area (Å²) in [6.45, 7) is 7.99. The fourth-order valence-corrected chi connectivity index (χ4v) is 7.79. The third kappa shape index (κ3) is 76.0. The summed E-state index contributed by atoms with van der Waals surface area (Å²) >= 11 is 14.2. The van der Waals surface area contributed by atoms with Gasteiger partial charge < -0.3 is 14.2 Å². The second kappa shape index (κ2) is 70.8. The van der Waals surface area contributed by atoms with Gasteiger partial charge in [0.25, 0.3) is 0 Å². The predicted octanol–water partition coefficient (Wildman–Crippen LogP) is 18.9. The van der Waals surface area contributed by atoms with Crippen LogP contribution in [0.2, 0.25) is 0 Å². The number of unbranched alkanes of at least 4 members (excludes halogenated alkanes) is 36. The molecule has 0 bridgehead atoms. The van der Waals surface area contributed by atoms with E-state index in [1.54, 1.807) is 0 Å². The first kappa shape index (κ1) is 74.2. The summed E-state index contributed by atoms with van der Waals surface area (Å²) in [7, 11) is 0. The van der Waals surface area contributed by atoms with Gasteiger partial charge in [0.1, 0.15) is 19.8 Å². The van der Waals surface area contributed by atoms with Gasteiger partial charge in [0.05, 0.1) is 0 Å². The summed E-state index contributed by atoms with van der Waals surface area (Å²) in [6, 6.07) is 0. The first-order chi connectivity index (χ1) is 30.9. The van der Waals surface area contributed by atoms with Gasteiger partial charge in [-0.1, -0.05) is 297 Å². The van der Waals surface area contributed by atoms with Crippen LogP contribution in [0, 0.1) is 0 Å². The number of hydrogen-bond donors (Lipinski definition) is 0. The first-order valence-electron chi connectivity index (χ1n) is 27.1. The van der Waals surface area contributed by atoms with Crippen LogP contribution in [-0.4, -0.2) is 78.9 Å². The molecule has 0 aliphatic heterocycles. The Morgan fingerprint density at radius 3 is 0.554 bits per heavy atom. The van der Waals surface area contributed by atoms with Crippen molar-refractivity contribution in [3.63, 3.8) is 0 Å². The molecule has 10 heteroatoms. The molecule has 0 rings (SSSR count). The van der Waals surface area contributed by atoms with Crippen LogP contribution in [0.4, 0.5) is 0 Å². The molecular formula is C55H109O6S3Sn. The predicted molar refractivity (Wildman–Crippen MR) is 294 cm³/mol. The Hall–Kier alpha value is 0.259. The van der Waals surface area contributed by atoms with E-state index in [1.165, 1.54) is 212 Å². The van der Waals surface area contributed by atoms with E-state index in [4.69, 9.17) is 52.1 Å². The maximum atomic E-state index is 11.2. The van der Waals surface area contributed by atoms with Gasteiger partial charge in [0.2, 0.25) is 0 Å². The Labute approximate surface area is 440 Å². The summed E-state index contributed by atoms with van der Waals surface area (Å²) in [5.41, 5.74) is 0. The SMILES string of the molecule is C.CCCCCCCCCCCCCCCC(=O)OCC[S].CCCCCCCCCCCCCCCC(=O)OCC[S].CCCCCCCCCCCCCCCC(=O)OCC[S].[Sn]. The number of rotatable bonds is 48. The molecule has 0 fully saturated rings. The number of carbonyl (C=O) groups excluding carboxylic acids is 3. The molecular weight excluding hydrogens is 972 g/mol. The van der Waals surface area contributed by atoms with Crippen molar-refractivity contribution in [2.45, 2.75) is 298 Å². The van der Waals surface area contributed by atoms with Crippen molar-refractivity contribution in [2.24, 2.45) is 0 Å². The number of carbonyl (C=O) groups is 3. The maximum absolute atomic E-state index is 11.2. The van der Waals surface area contributed by atoms with Crippen molar-refractivity contribution in [3.8, 4) is 0 Å². The van der Waals surface area contributed by atoms with Gasteiger partial charge in [-0.3, -0.25) is 14.4 Å². The molecule has 387 valence electrons. The fourth-order valence-electron chi connectivity index (χ4n) is 7.54. The molecule has 0 N–H and O–H groups in total. The molecule has 7 radical (unpaired) electrons. The summed E-state index contributed by atoms with van der Waals surface area (Å²) < 4.78 is 14.9. The van der Waals surface area contributed by atoms with Crippen molar-refractivity contribution in [2.75, 3.05) is 37.1 Å². The van der Waals surface area contributed by atoms with Crippen LogP contribution in [0.15, 0.2) is 0 Å². The van der Waals surface area contributed by atoms with Crippen molar-refractivity contribution in [3.05, 3.63) is 0 Å². The van der Waals surface area contributed by atoms with E-state index >= 15 is 0 Å². The Kier molecular flexibility index (Phi) is 80.9. The van der Waals surface area contributed by atoms with E-state index in [-0.39, 0.29) is 49.2 Å². The van der Waals surface area contributed by atoms with Crippen LogP contribution in [0.25, 0.3) is 0 Å². The van der Waals surface area contributed by atoms with E-state index in [1.807, 2.05) is 0 Å². The molecule has 0 aromatic heterocycles. The Morgan fingerprint density at radius 2 is 0.415 bits per heavy atom. The van der Waals surface area contributed by atoms with Crippen LogP contribution in [-0.2, 0) is 28.6 Å². The number of esters is 3. The quantitative estimate of drug-likeness (QED) is 0.0261. The van der Waals surface area contributed by atoms with Crippen LogP contribution in [0.1, 0.15) is 298 Å². The molecule has 0 saturated carbocycles. The average molecular weight is 1080 g/mol. The van der Waals surface area contributed by atoms with Gasteiger partial charge in [-0.15, -0.1) is 0 Å². The van der Waals surface area contributed by atoms with Crippen LogP contribution < -0.4 is 0 Å². The first-order valence-corrected chi connectivity index (χ1v) is 28.9. The molecule has 0 aliphatic rings. The van der Waals surface area contributed by atoms with Gasteiger partial charge in [-0.25, -0.2) is 0 Å². The molecule has 0 saturated heterocycles. The molecule has 6 nitrogen and oxygen atoms in total. The summed E-state index contributed by atoms with van der Waals surface area (Å²) in [5.74, 6) is 1.27. The second-order valence-corrected chi connectivity index (χ2v) is 19.0. The van der Waals surface area contributed by atoms with Crippen LogP contribution >= 0.6 is 37.9 Å². The zero-order valence-electron chi connectivity index (χ0n) is 42.6. The Morgan fingerprint density at radius 1 is 0.277 bits per heavy atom.